The third-order valence-corrected chi connectivity index (χ3v) is 3.28. The van der Waals surface area contributed by atoms with Gasteiger partial charge in [0.1, 0.15) is 0 Å². The SMILES string of the molecule is C=CC(=O)NCn1c2ccccc2c2ccccc21. The number of carbonyl (C=O) groups is 1. The molecule has 0 fully saturated rings. The second-order valence-corrected chi connectivity index (χ2v) is 4.37. The van der Waals surface area contributed by atoms with Crippen LogP contribution >= 0.6 is 0 Å². The number of hydrogen-bond donors (Lipinski definition) is 1. The fourth-order valence-electron chi connectivity index (χ4n) is 2.40. The highest BCUT2D eigenvalue weighted by molar-refractivity contribution is 6.08. The molecule has 0 aliphatic carbocycles. The van der Waals surface area contributed by atoms with Crippen molar-refractivity contribution >= 4 is 27.7 Å². The van der Waals surface area contributed by atoms with Gasteiger partial charge in [0.25, 0.3) is 0 Å². The summed E-state index contributed by atoms with van der Waals surface area (Å²) in [7, 11) is 0. The lowest BCUT2D eigenvalue weighted by molar-refractivity contribution is -0.116. The average molecular weight is 250 g/mol. The summed E-state index contributed by atoms with van der Waals surface area (Å²) >= 11 is 0. The Balaban J connectivity index is 2.19. The molecule has 0 bridgehead atoms. The van der Waals surface area contributed by atoms with E-state index in [0.29, 0.717) is 6.67 Å². The number of aromatic nitrogens is 1. The van der Waals surface area contributed by atoms with E-state index in [2.05, 4.69) is 40.7 Å². The van der Waals surface area contributed by atoms with E-state index in [9.17, 15) is 4.79 Å². The molecule has 0 spiro atoms. The molecule has 1 N–H and O–H groups in total. The molecule has 0 unspecified atom stereocenters. The first-order valence-corrected chi connectivity index (χ1v) is 6.17. The van der Waals surface area contributed by atoms with Gasteiger partial charge in [-0.3, -0.25) is 4.79 Å². The summed E-state index contributed by atoms with van der Waals surface area (Å²) in [5, 5.41) is 5.22. The summed E-state index contributed by atoms with van der Waals surface area (Å²) < 4.78 is 2.10. The smallest absolute Gasteiger partial charge is 0.244 e. The van der Waals surface area contributed by atoms with Crippen LogP contribution in [0.5, 0.6) is 0 Å². The molecule has 1 amide bonds. The van der Waals surface area contributed by atoms with Crippen LogP contribution in [0.2, 0.25) is 0 Å². The number of rotatable bonds is 3. The summed E-state index contributed by atoms with van der Waals surface area (Å²) in [5.74, 6) is -0.165. The quantitative estimate of drug-likeness (QED) is 0.712. The lowest BCUT2D eigenvalue weighted by Crippen LogP contribution is -2.23. The molecule has 94 valence electrons. The zero-order chi connectivity index (χ0) is 13.2. The van der Waals surface area contributed by atoms with Gasteiger partial charge in [-0.2, -0.15) is 0 Å². The van der Waals surface area contributed by atoms with E-state index in [1.165, 1.54) is 16.8 Å². The van der Waals surface area contributed by atoms with Crippen molar-refractivity contribution in [1.29, 1.82) is 0 Å². The third-order valence-electron chi connectivity index (χ3n) is 3.28. The van der Waals surface area contributed by atoms with Crippen molar-refractivity contribution in [2.24, 2.45) is 0 Å². The van der Waals surface area contributed by atoms with Crippen molar-refractivity contribution in [2.75, 3.05) is 0 Å². The first-order chi connectivity index (χ1) is 9.31. The van der Waals surface area contributed by atoms with Crippen molar-refractivity contribution in [1.82, 2.24) is 9.88 Å². The predicted octanol–water partition coefficient (Wildman–Crippen LogP) is 3.05. The Bertz CT molecular complexity index is 717. The van der Waals surface area contributed by atoms with Crippen molar-refractivity contribution in [3.05, 3.63) is 61.2 Å². The normalized spacial score (nSPS) is 10.7. The van der Waals surface area contributed by atoms with Gasteiger partial charge in [0.15, 0.2) is 0 Å². The fourth-order valence-corrected chi connectivity index (χ4v) is 2.40. The number of fused-ring (bicyclic) bond motifs is 3. The molecule has 0 saturated heterocycles. The van der Waals surface area contributed by atoms with Gasteiger partial charge < -0.3 is 9.88 Å². The minimum atomic E-state index is -0.165. The molecular weight excluding hydrogens is 236 g/mol. The summed E-state index contributed by atoms with van der Waals surface area (Å²) in [6.45, 7) is 3.91. The zero-order valence-corrected chi connectivity index (χ0v) is 10.5. The molecule has 3 rings (SSSR count). The summed E-state index contributed by atoms with van der Waals surface area (Å²) in [6, 6.07) is 16.4. The maximum atomic E-state index is 11.3. The number of nitrogens with one attached hydrogen (secondary N) is 1. The molecule has 0 atom stereocenters. The van der Waals surface area contributed by atoms with Crippen LogP contribution in [0.25, 0.3) is 21.8 Å². The molecule has 3 aromatic rings. The number of para-hydroxylation sites is 2. The van der Waals surface area contributed by atoms with Gasteiger partial charge in [0, 0.05) is 10.8 Å². The van der Waals surface area contributed by atoms with Crippen LogP contribution < -0.4 is 5.32 Å². The highest BCUT2D eigenvalue weighted by Crippen LogP contribution is 2.28. The zero-order valence-electron chi connectivity index (χ0n) is 10.5. The summed E-state index contributed by atoms with van der Waals surface area (Å²) in [5.41, 5.74) is 2.24. The topological polar surface area (TPSA) is 34.0 Å². The van der Waals surface area contributed by atoms with E-state index in [-0.39, 0.29) is 5.91 Å². The molecule has 0 aliphatic rings. The van der Waals surface area contributed by atoms with Crippen LogP contribution in [-0.2, 0) is 11.5 Å². The molecule has 2 aromatic carbocycles. The maximum Gasteiger partial charge on any atom is 0.244 e. The van der Waals surface area contributed by atoms with Crippen LogP contribution in [0.4, 0.5) is 0 Å². The number of benzene rings is 2. The maximum absolute atomic E-state index is 11.3. The van der Waals surface area contributed by atoms with Crippen LogP contribution in [0.3, 0.4) is 0 Å². The number of nitrogens with zero attached hydrogens (tertiary/aromatic N) is 1. The molecule has 3 nitrogen and oxygen atoms in total. The Morgan fingerprint density at radius 1 is 1.05 bits per heavy atom. The lowest BCUT2D eigenvalue weighted by atomic mass is 10.2. The Morgan fingerprint density at radius 3 is 2.11 bits per heavy atom. The fraction of sp³-hybridized carbons (Fsp3) is 0.0625. The molecule has 0 saturated carbocycles. The van der Waals surface area contributed by atoms with E-state index in [0.717, 1.165) is 11.0 Å². The van der Waals surface area contributed by atoms with Crippen molar-refractivity contribution < 1.29 is 4.79 Å². The Morgan fingerprint density at radius 2 is 1.58 bits per heavy atom. The van der Waals surface area contributed by atoms with Gasteiger partial charge in [0.2, 0.25) is 5.91 Å². The van der Waals surface area contributed by atoms with Crippen molar-refractivity contribution in [3.63, 3.8) is 0 Å². The van der Waals surface area contributed by atoms with Gasteiger partial charge >= 0.3 is 0 Å². The highest BCUT2D eigenvalue weighted by atomic mass is 16.1. The van der Waals surface area contributed by atoms with Crippen molar-refractivity contribution in [2.45, 2.75) is 6.67 Å². The van der Waals surface area contributed by atoms with Gasteiger partial charge in [-0.15, -0.1) is 0 Å². The van der Waals surface area contributed by atoms with Gasteiger partial charge in [0.05, 0.1) is 17.7 Å². The average Bonchev–Trinajstić information content (AvgIpc) is 2.79. The first kappa shape index (κ1) is 11.5. The van der Waals surface area contributed by atoms with Crippen molar-refractivity contribution in [3.8, 4) is 0 Å². The van der Waals surface area contributed by atoms with Crippen LogP contribution in [0.15, 0.2) is 61.2 Å². The first-order valence-electron chi connectivity index (χ1n) is 6.17. The van der Waals surface area contributed by atoms with E-state index >= 15 is 0 Å². The summed E-state index contributed by atoms with van der Waals surface area (Å²) in [4.78, 5) is 11.3. The Kier molecular flexibility index (Phi) is 2.80. The van der Waals surface area contributed by atoms with Gasteiger partial charge in [-0.1, -0.05) is 43.0 Å². The van der Waals surface area contributed by atoms with Gasteiger partial charge in [-0.25, -0.2) is 0 Å². The highest BCUT2D eigenvalue weighted by Gasteiger charge is 2.09. The minimum absolute atomic E-state index is 0.165. The Labute approximate surface area is 111 Å². The molecule has 0 radical (unpaired) electrons. The molecule has 3 heteroatoms. The van der Waals surface area contributed by atoms with E-state index in [4.69, 9.17) is 0 Å². The number of hydrogen-bond acceptors (Lipinski definition) is 1. The molecule has 0 aliphatic heterocycles. The number of carbonyl (C=O) groups excluding carboxylic acids is 1. The monoisotopic (exact) mass is 250 g/mol. The second kappa shape index (κ2) is 4.61. The Hall–Kier alpha value is -2.55. The standard InChI is InChI=1S/C16H14N2O/c1-2-16(19)17-11-18-14-9-5-3-7-12(14)13-8-4-6-10-15(13)18/h2-10H,1,11H2,(H,17,19). The van der Waals surface area contributed by atoms with Crippen LogP contribution in [0, 0.1) is 0 Å². The molecule has 19 heavy (non-hydrogen) atoms. The molecule has 1 heterocycles. The lowest BCUT2D eigenvalue weighted by Gasteiger charge is -2.07. The van der Waals surface area contributed by atoms with Crippen LogP contribution in [-0.4, -0.2) is 10.5 Å². The number of amides is 1. The predicted molar refractivity (Wildman–Crippen MR) is 77.8 cm³/mol. The summed E-state index contributed by atoms with van der Waals surface area (Å²) in [6.07, 6.45) is 1.29. The van der Waals surface area contributed by atoms with Gasteiger partial charge in [-0.05, 0) is 18.2 Å². The van der Waals surface area contributed by atoms with E-state index < -0.39 is 0 Å². The minimum Gasteiger partial charge on any atom is -0.335 e. The van der Waals surface area contributed by atoms with E-state index in [1.807, 2.05) is 24.3 Å². The largest absolute Gasteiger partial charge is 0.335 e. The third kappa shape index (κ3) is 1.89. The van der Waals surface area contributed by atoms with E-state index in [1.54, 1.807) is 0 Å². The second-order valence-electron chi connectivity index (χ2n) is 4.37. The van der Waals surface area contributed by atoms with Crippen LogP contribution in [0.1, 0.15) is 0 Å². The molecule has 1 aromatic heterocycles. The molecular formula is C16H14N2O.